The molecular formula is C12H21N2S+. The lowest BCUT2D eigenvalue weighted by atomic mass is 10.4. The standard InChI is InChI=1S/C9H12N2S.C3H8/c1-5-9-11(8(4)10-5)6(2)7(3)12-9;1-3-2/h1-4H3;3H2,1-2H3/p+1. The molecule has 84 valence electrons. The van der Waals surface area contributed by atoms with Crippen molar-refractivity contribution in [3.63, 3.8) is 0 Å². The van der Waals surface area contributed by atoms with Gasteiger partial charge < -0.3 is 0 Å². The Morgan fingerprint density at radius 3 is 2.13 bits per heavy atom. The fourth-order valence-electron chi connectivity index (χ4n) is 1.60. The molecule has 0 spiro atoms. The molecule has 2 aromatic heterocycles. The third kappa shape index (κ3) is 2.23. The van der Waals surface area contributed by atoms with Crippen LogP contribution in [0, 0.1) is 27.7 Å². The van der Waals surface area contributed by atoms with Crippen LogP contribution in [0.3, 0.4) is 0 Å². The van der Waals surface area contributed by atoms with Gasteiger partial charge in [0.2, 0.25) is 4.83 Å². The molecule has 0 atom stereocenters. The van der Waals surface area contributed by atoms with E-state index >= 15 is 0 Å². The molecule has 3 heteroatoms. The Morgan fingerprint density at radius 1 is 1.13 bits per heavy atom. The zero-order valence-corrected chi connectivity index (χ0v) is 11.4. The number of aromatic nitrogens is 2. The van der Waals surface area contributed by atoms with Gasteiger partial charge in [-0.1, -0.05) is 31.6 Å². The lowest BCUT2D eigenvalue weighted by Gasteiger charge is -1.84. The third-order valence-corrected chi connectivity index (χ3v) is 3.61. The molecule has 0 aliphatic rings. The molecule has 0 unspecified atom stereocenters. The van der Waals surface area contributed by atoms with Crippen molar-refractivity contribution in [2.24, 2.45) is 0 Å². The zero-order valence-electron chi connectivity index (χ0n) is 10.6. The molecule has 0 radical (unpaired) electrons. The summed E-state index contributed by atoms with van der Waals surface area (Å²) in [5.74, 6) is 1.23. The molecule has 2 nitrogen and oxygen atoms in total. The summed E-state index contributed by atoms with van der Waals surface area (Å²) in [6, 6.07) is 0. The number of fused-ring (bicyclic) bond motifs is 1. The van der Waals surface area contributed by atoms with Gasteiger partial charge in [-0.25, -0.2) is 4.98 Å². The topological polar surface area (TPSA) is 19.9 Å². The average Bonchev–Trinajstić information content (AvgIpc) is 2.58. The van der Waals surface area contributed by atoms with Crippen LogP contribution >= 0.6 is 11.3 Å². The van der Waals surface area contributed by atoms with Gasteiger partial charge in [-0.15, -0.1) is 0 Å². The van der Waals surface area contributed by atoms with E-state index in [1.54, 1.807) is 0 Å². The van der Waals surface area contributed by atoms with E-state index < -0.39 is 0 Å². The van der Waals surface area contributed by atoms with Crippen LogP contribution in [-0.2, 0) is 0 Å². The summed E-state index contributed by atoms with van der Waals surface area (Å²) in [6.45, 7) is 12.8. The van der Waals surface area contributed by atoms with E-state index in [0.29, 0.717) is 0 Å². The first kappa shape index (κ1) is 12.2. The first-order valence-electron chi connectivity index (χ1n) is 5.49. The van der Waals surface area contributed by atoms with Crippen molar-refractivity contribution in [1.82, 2.24) is 4.98 Å². The van der Waals surface area contributed by atoms with Gasteiger partial charge in [-0.2, -0.15) is 4.40 Å². The number of hydrogen-bond acceptors (Lipinski definition) is 1. The molecule has 2 heterocycles. The molecular weight excluding hydrogens is 204 g/mol. The highest BCUT2D eigenvalue weighted by Gasteiger charge is 2.18. The van der Waals surface area contributed by atoms with Crippen molar-refractivity contribution in [3.05, 3.63) is 22.1 Å². The van der Waals surface area contributed by atoms with E-state index in [9.17, 15) is 0 Å². The summed E-state index contributed by atoms with van der Waals surface area (Å²) in [7, 11) is 0. The quantitative estimate of drug-likeness (QED) is 0.663. The number of nitrogens with one attached hydrogen (secondary N) is 1. The Bertz CT molecular complexity index is 452. The van der Waals surface area contributed by atoms with Crippen molar-refractivity contribution in [2.45, 2.75) is 48.0 Å². The van der Waals surface area contributed by atoms with Gasteiger partial charge in [0.15, 0.2) is 5.69 Å². The Morgan fingerprint density at radius 2 is 1.67 bits per heavy atom. The maximum absolute atomic E-state index is 3.34. The number of rotatable bonds is 0. The average molecular weight is 225 g/mol. The minimum atomic E-state index is 1.23. The largest absolute Gasteiger partial charge is 0.257 e. The molecule has 0 saturated heterocycles. The Labute approximate surface area is 96.0 Å². The second-order valence-electron chi connectivity index (χ2n) is 3.93. The molecule has 2 rings (SSSR count). The van der Waals surface area contributed by atoms with Gasteiger partial charge >= 0.3 is 0 Å². The second kappa shape index (κ2) is 4.79. The van der Waals surface area contributed by atoms with Crippen molar-refractivity contribution < 1.29 is 4.40 Å². The van der Waals surface area contributed by atoms with Gasteiger partial charge in [-0.05, 0) is 13.8 Å². The minimum absolute atomic E-state index is 1.23. The van der Waals surface area contributed by atoms with Crippen LogP contribution in [0.1, 0.15) is 42.4 Å². The highest BCUT2D eigenvalue weighted by atomic mass is 32.1. The summed E-state index contributed by atoms with van der Waals surface area (Å²) in [5, 5.41) is 0. The lowest BCUT2D eigenvalue weighted by molar-refractivity contribution is -0.522. The monoisotopic (exact) mass is 225 g/mol. The second-order valence-corrected chi connectivity index (χ2v) is 5.13. The van der Waals surface area contributed by atoms with Gasteiger partial charge in [0.1, 0.15) is 5.69 Å². The van der Waals surface area contributed by atoms with Crippen LogP contribution in [0.25, 0.3) is 4.83 Å². The molecule has 0 aliphatic carbocycles. The van der Waals surface area contributed by atoms with Crippen molar-refractivity contribution >= 4 is 16.2 Å². The molecule has 0 aliphatic heterocycles. The van der Waals surface area contributed by atoms with E-state index in [4.69, 9.17) is 0 Å². The van der Waals surface area contributed by atoms with Crippen LogP contribution in [0.5, 0.6) is 0 Å². The minimum Gasteiger partial charge on any atom is -0.244 e. The SMILES string of the molecule is CCC.Cc1sc2c(C)[nH]c(C)[n+]2c1C. The van der Waals surface area contributed by atoms with Gasteiger partial charge in [0.25, 0.3) is 5.82 Å². The summed E-state index contributed by atoms with van der Waals surface area (Å²) < 4.78 is 2.29. The molecule has 0 fully saturated rings. The van der Waals surface area contributed by atoms with Gasteiger partial charge in [-0.3, -0.25) is 0 Å². The van der Waals surface area contributed by atoms with Crippen molar-refractivity contribution in [1.29, 1.82) is 0 Å². The van der Waals surface area contributed by atoms with E-state index in [1.807, 2.05) is 11.3 Å². The molecule has 0 amide bonds. The number of aryl methyl sites for hydroxylation is 4. The lowest BCUT2D eigenvalue weighted by Crippen LogP contribution is -2.23. The number of H-pyrrole nitrogens is 1. The Hall–Kier alpha value is -0.830. The predicted molar refractivity (Wildman–Crippen MR) is 66.7 cm³/mol. The highest BCUT2D eigenvalue weighted by molar-refractivity contribution is 7.17. The first-order chi connectivity index (χ1) is 7.02. The first-order valence-corrected chi connectivity index (χ1v) is 6.31. The molecule has 1 N–H and O–H groups in total. The zero-order chi connectivity index (χ0) is 11.6. The fourth-order valence-corrected chi connectivity index (χ4v) is 2.70. The number of nitrogens with zero attached hydrogens (tertiary/aromatic N) is 1. The van der Waals surface area contributed by atoms with Crippen LogP contribution in [0.2, 0.25) is 0 Å². The van der Waals surface area contributed by atoms with Gasteiger partial charge in [0, 0.05) is 18.7 Å². The fraction of sp³-hybridized carbons (Fsp3) is 0.583. The highest BCUT2D eigenvalue weighted by Crippen LogP contribution is 2.19. The predicted octanol–water partition coefficient (Wildman–Crippen LogP) is 3.46. The number of thiazole rings is 1. The van der Waals surface area contributed by atoms with Crippen LogP contribution in [0.4, 0.5) is 0 Å². The normalized spacial score (nSPS) is 10.3. The van der Waals surface area contributed by atoms with E-state index in [0.717, 1.165) is 0 Å². The Balaban J connectivity index is 0.000000337. The molecule has 0 bridgehead atoms. The van der Waals surface area contributed by atoms with Crippen LogP contribution < -0.4 is 4.40 Å². The van der Waals surface area contributed by atoms with Crippen LogP contribution in [0.15, 0.2) is 0 Å². The molecule has 0 saturated carbocycles. The molecule has 0 aromatic carbocycles. The smallest absolute Gasteiger partial charge is 0.244 e. The maximum Gasteiger partial charge on any atom is 0.257 e. The summed E-state index contributed by atoms with van der Waals surface area (Å²) in [6.07, 6.45) is 1.25. The number of hydrogen-bond donors (Lipinski definition) is 1. The van der Waals surface area contributed by atoms with E-state index in [-0.39, 0.29) is 0 Å². The Kier molecular flexibility index (Phi) is 3.91. The maximum atomic E-state index is 3.34. The summed E-state index contributed by atoms with van der Waals surface area (Å²) in [5.41, 5.74) is 2.63. The van der Waals surface area contributed by atoms with Crippen molar-refractivity contribution in [3.8, 4) is 0 Å². The van der Waals surface area contributed by atoms with E-state index in [2.05, 4.69) is 50.9 Å². The van der Waals surface area contributed by atoms with Crippen LogP contribution in [-0.4, -0.2) is 4.98 Å². The molecule has 2 aromatic rings. The van der Waals surface area contributed by atoms with Gasteiger partial charge in [0.05, 0.1) is 0 Å². The van der Waals surface area contributed by atoms with Crippen molar-refractivity contribution in [2.75, 3.05) is 0 Å². The third-order valence-electron chi connectivity index (χ3n) is 2.32. The summed E-state index contributed by atoms with van der Waals surface area (Å²) >= 11 is 1.86. The van der Waals surface area contributed by atoms with E-state index in [1.165, 1.54) is 33.3 Å². The summed E-state index contributed by atoms with van der Waals surface area (Å²) in [4.78, 5) is 6.09. The number of aromatic amines is 1. The molecule has 15 heavy (non-hydrogen) atoms. The number of imidazole rings is 1.